The van der Waals surface area contributed by atoms with Crippen molar-refractivity contribution >= 4 is 11.9 Å². The second-order valence-corrected chi connectivity index (χ2v) is 10.7. The van der Waals surface area contributed by atoms with Gasteiger partial charge in [0.15, 0.2) is 12.2 Å². The number of carbonyl (C=O) groups is 2. The Labute approximate surface area is 207 Å². The minimum absolute atomic E-state index is 0.0220. The smallest absolute Gasteiger partial charge is 0.320 e. The Hall–Kier alpha value is -1.18. The third kappa shape index (κ3) is 12.5. The molecule has 0 N–H and O–H groups in total. The number of unbranched alkanes of at least 4 members (excludes halogenated alkanes) is 2. The molecule has 1 aliphatic rings. The van der Waals surface area contributed by atoms with Crippen LogP contribution in [0.1, 0.15) is 99.3 Å². The Morgan fingerprint density at radius 2 is 1.47 bits per heavy atom. The lowest BCUT2D eigenvalue weighted by Crippen LogP contribution is -2.39. The van der Waals surface area contributed by atoms with Crippen molar-refractivity contribution in [3.8, 4) is 0 Å². The number of esters is 2. The Kier molecular flexibility index (Phi) is 15.0. The highest BCUT2D eigenvalue weighted by molar-refractivity contribution is 5.95. The fourth-order valence-electron chi connectivity index (χ4n) is 4.26. The van der Waals surface area contributed by atoms with Crippen LogP contribution in [0.5, 0.6) is 0 Å². The van der Waals surface area contributed by atoms with Crippen molar-refractivity contribution in [3.05, 3.63) is 0 Å². The summed E-state index contributed by atoms with van der Waals surface area (Å²) in [5, 5.41) is 0. The van der Waals surface area contributed by atoms with Crippen LogP contribution in [-0.4, -0.2) is 57.9 Å². The Morgan fingerprint density at radius 3 is 2.00 bits per heavy atom. The highest BCUT2D eigenvalue weighted by Crippen LogP contribution is 2.34. The third-order valence-corrected chi connectivity index (χ3v) is 6.38. The van der Waals surface area contributed by atoms with Crippen molar-refractivity contribution in [3.63, 3.8) is 0 Å². The van der Waals surface area contributed by atoms with Gasteiger partial charge < -0.3 is 23.7 Å². The minimum Gasteiger partial charge on any atom is -0.465 e. The van der Waals surface area contributed by atoms with Crippen LogP contribution in [0.2, 0.25) is 0 Å². The molecule has 0 aliphatic carbocycles. The molecule has 7 heteroatoms. The van der Waals surface area contributed by atoms with Crippen molar-refractivity contribution in [2.45, 2.75) is 106 Å². The van der Waals surface area contributed by atoms with E-state index in [4.69, 9.17) is 23.7 Å². The van der Waals surface area contributed by atoms with Gasteiger partial charge in [0.25, 0.3) is 0 Å². The fraction of sp³-hybridized carbons (Fsp3) is 0.926. The van der Waals surface area contributed by atoms with Gasteiger partial charge in [0.1, 0.15) is 0 Å². The van der Waals surface area contributed by atoms with E-state index in [2.05, 4.69) is 13.8 Å². The van der Waals surface area contributed by atoms with E-state index in [1.54, 1.807) is 13.8 Å². The van der Waals surface area contributed by atoms with E-state index >= 15 is 0 Å². The van der Waals surface area contributed by atoms with Crippen LogP contribution in [0.15, 0.2) is 0 Å². The number of carbonyl (C=O) groups excluding carboxylic acids is 2. The molecule has 1 rings (SSSR count). The number of hydrogen-bond acceptors (Lipinski definition) is 7. The summed E-state index contributed by atoms with van der Waals surface area (Å²) in [6, 6.07) is 0. The summed E-state index contributed by atoms with van der Waals surface area (Å²) in [5.74, 6) is -1.89. The third-order valence-electron chi connectivity index (χ3n) is 6.38. The maximum atomic E-state index is 12.4. The second-order valence-electron chi connectivity index (χ2n) is 10.7. The van der Waals surface area contributed by atoms with Gasteiger partial charge in [-0.05, 0) is 69.6 Å². The molecule has 0 radical (unpaired) electrons. The maximum absolute atomic E-state index is 12.4. The summed E-state index contributed by atoms with van der Waals surface area (Å²) in [6.07, 6.45) is 9.04. The zero-order valence-corrected chi connectivity index (χ0v) is 22.6. The SMILES string of the molecule is CCOC(=O)C(C(=O)OCC)C(C)(C)CCCCOCCCCC(C)(C)COC1CCCCO1. The molecular weight excluding hydrogens is 436 g/mol. The van der Waals surface area contributed by atoms with Gasteiger partial charge in [-0.2, -0.15) is 0 Å². The Bertz CT molecular complexity index is 549. The molecule has 7 nitrogen and oxygen atoms in total. The lowest BCUT2D eigenvalue weighted by molar-refractivity contribution is -0.176. The van der Waals surface area contributed by atoms with Crippen molar-refractivity contribution < 1.29 is 33.3 Å². The average Bonchev–Trinajstić information content (AvgIpc) is 2.77. The first-order valence-electron chi connectivity index (χ1n) is 13.3. The summed E-state index contributed by atoms with van der Waals surface area (Å²) in [6.45, 7) is 15.3. The molecule has 0 spiro atoms. The summed E-state index contributed by atoms with van der Waals surface area (Å²) in [5.41, 5.74) is -0.393. The molecule has 34 heavy (non-hydrogen) atoms. The van der Waals surface area contributed by atoms with Gasteiger partial charge >= 0.3 is 11.9 Å². The van der Waals surface area contributed by atoms with Crippen molar-refractivity contribution in [1.29, 1.82) is 0 Å². The van der Waals surface area contributed by atoms with Crippen molar-refractivity contribution in [1.82, 2.24) is 0 Å². The van der Waals surface area contributed by atoms with Crippen LogP contribution in [0.25, 0.3) is 0 Å². The Morgan fingerprint density at radius 1 is 0.882 bits per heavy atom. The van der Waals surface area contributed by atoms with Crippen LogP contribution in [0.4, 0.5) is 0 Å². The molecule has 1 saturated heterocycles. The average molecular weight is 487 g/mol. The summed E-state index contributed by atoms with van der Waals surface area (Å²) < 4.78 is 27.7. The van der Waals surface area contributed by atoms with Gasteiger partial charge in [-0.3, -0.25) is 9.59 Å². The highest BCUT2D eigenvalue weighted by atomic mass is 16.7. The molecule has 1 unspecified atom stereocenters. The van der Waals surface area contributed by atoms with Crippen molar-refractivity contribution in [2.24, 2.45) is 16.7 Å². The fourth-order valence-corrected chi connectivity index (χ4v) is 4.26. The molecule has 0 aromatic rings. The first-order chi connectivity index (χ1) is 16.1. The quantitative estimate of drug-likeness (QED) is 0.140. The lowest BCUT2D eigenvalue weighted by atomic mass is 9.75. The van der Waals surface area contributed by atoms with Gasteiger partial charge in [0.2, 0.25) is 0 Å². The summed E-state index contributed by atoms with van der Waals surface area (Å²) in [4.78, 5) is 24.7. The van der Waals surface area contributed by atoms with E-state index in [0.717, 1.165) is 71.2 Å². The van der Waals surface area contributed by atoms with E-state index in [-0.39, 0.29) is 24.9 Å². The molecule has 0 aromatic carbocycles. The normalized spacial score (nSPS) is 17.1. The van der Waals surface area contributed by atoms with E-state index in [1.807, 2.05) is 13.8 Å². The van der Waals surface area contributed by atoms with Gasteiger partial charge in [0.05, 0.1) is 19.8 Å². The largest absolute Gasteiger partial charge is 0.465 e. The number of hydrogen-bond donors (Lipinski definition) is 0. The van der Waals surface area contributed by atoms with Crippen LogP contribution in [0, 0.1) is 16.7 Å². The van der Waals surface area contributed by atoms with E-state index in [9.17, 15) is 9.59 Å². The monoisotopic (exact) mass is 486 g/mol. The maximum Gasteiger partial charge on any atom is 0.320 e. The van der Waals surface area contributed by atoms with Gasteiger partial charge in [0, 0.05) is 19.8 Å². The molecule has 1 heterocycles. The van der Waals surface area contributed by atoms with Crippen LogP contribution in [-0.2, 0) is 33.3 Å². The van der Waals surface area contributed by atoms with Gasteiger partial charge in [-0.15, -0.1) is 0 Å². The zero-order chi connectivity index (χ0) is 25.5. The molecule has 1 atom stereocenters. The van der Waals surface area contributed by atoms with E-state index < -0.39 is 23.3 Å². The minimum atomic E-state index is -0.898. The predicted molar refractivity (Wildman–Crippen MR) is 132 cm³/mol. The van der Waals surface area contributed by atoms with Gasteiger partial charge in [-0.1, -0.05) is 40.5 Å². The zero-order valence-electron chi connectivity index (χ0n) is 22.6. The number of rotatable bonds is 18. The summed E-state index contributed by atoms with van der Waals surface area (Å²) >= 11 is 0. The van der Waals surface area contributed by atoms with Gasteiger partial charge in [-0.25, -0.2) is 0 Å². The lowest BCUT2D eigenvalue weighted by Gasteiger charge is -2.31. The molecule has 0 bridgehead atoms. The molecule has 0 aromatic heterocycles. The molecule has 1 fully saturated rings. The first kappa shape index (κ1) is 30.9. The van der Waals surface area contributed by atoms with E-state index in [0.29, 0.717) is 6.61 Å². The molecular formula is C27H50O7. The summed E-state index contributed by atoms with van der Waals surface area (Å²) in [7, 11) is 0. The van der Waals surface area contributed by atoms with E-state index in [1.165, 1.54) is 6.42 Å². The Balaban J connectivity index is 2.19. The standard InChI is InChI=1S/C27H50O7/c1-7-31-24(28)23(25(29)32-8-2)27(5,6)17-11-14-19-30-18-13-10-16-26(3,4)21-34-22-15-9-12-20-33-22/h22-23H,7-21H2,1-6H3. The molecule has 200 valence electrons. The second kappa shape index (κ2) is 16.5. The molecule has 1 aliphatic heterocycles. The van der Waals surface area contributed by atoms with Crippen LogP contribution < -0.4 is 0 Å². The molecule has 0 saturated carbocycles. The van der Waals surface area contributed by atoms with Crippen molar-refractivity contribution in [2.75, 3.05) is 39.6 Å². The first-order valence-corrected chi connectivity index (χ1v) is 13.3. The van der Waals surface area contributed by atoms with Crippen LogP contribution >= 0.6 is 0 Å². The number of ether oxygens (including phenoxy) is 5. The predicted octanol–water partition coefficient (Wildman–Crippen LogP) is 5.68. The highest BCUT2D eigenvalue weighted by Gasteiger charge is 2.42. The molecule has 0 amide bonds. The topological polar surface area (TPSA) is 80.3 Å². The van der Waals surface area contributed by atoms with Crippen LogP contribution in [0.3, 0.4) is 0 Å².